The molecular formula is C15H20O. The molecule has 0 radical (unpaired) electrons. The predicted molar refractivity (Wildman–Crippen MR) is 66.7 cm³/mol. The summed E-state index contributed by atoms with van der Waals surface area (Å²) in [7, 11) is 0. The SMILES string of the molecule is CC(C=O)c1ccc(C2CCCCC2)cc1. The van der Waals surface area contributed by atoms with Crippen molar-refractivity contribution in [2.45, 2.75) is 50.9 Å². The largest absolute Gasteiger partial charge is 0.303 e. The summed E-state index contributed by atoms with van der Waals surface area (Å²) in [6, 6.07) is 8.66. The summed E-state index contributed by atoms with van der Waals surface area (Å²) >= 11 is 0. The van der Waals surface area contributed by atoms with Gasteiger partial charge in [-0.1, -0.05) is 50.5 Å². The first-order chi connectivity index (χ1) is 7.81. The van der Waals surface area contributed by atoms with Gasteiger partial charge in [0.15, 0.2) is 0 Å². The van der Waals surface area contributed by atoms with E-state index in [2.05, 4.69) is 24.3 Å². The maximum Gasteiger partial charge on any atom is 0.127 e. The van der Waals surface area contributed by atoms with Gasteiger partial charge in [-0.05, 0) is 29.9 Å². The Balaban J connectivity index is 2.08. The van der Waals surface area contributed by atoms with Crippen LogP contribution in [-0.4, -0.2) is 6.29 Å². The number of carbonyl (C=O) groups is 1. The third kappa shape index (κ3) is 2.52. The Kier molecular flexibility index (Phi) is 3.76. The molecule has 1 aromatic rings. The number of aldehydes is 1. The quantitative estimate of drug-likeness (QED) is 0.697. The third-order valence-electron chi connectivity index (χ3n) is 3.74. The molecule has 1 aromatic carbocycles. The maximum atomic E-state index is 10.7. The molecule has 0 spiro atoms. The molecular weight excluding hydrogens is 196 g/mol. The molecule has 1 atom stereocenters. The van der Waals surface area contributed by atoms with Crippen LogP contribution in [0, 0.1) is 0 Å². The summed E-state index contributed by atoms with van der Waals surface area (Å²) in [4.78, 5) is 10.7. The van der Waals surface area contributed by atoms with Crippen molar-refractivity contribution in [3.05, 3.63) is 35.4 Å². The molecule has 16 heavy (non-hydrogen) atoms. The van der Waals surface area contributed by atoms with Crippen LogP contribution >= 0.6 is 0 Å². The first kappa shape index (κ1) is 11.4. The van der Waals surface area contributed by atoms with Gasteiger partial charge in [-0.15, -0.1) is 0 Å². The van der Waals surface area contributed by atoms with Crippen molar-refractivity contribution in [2.75, 3.05) is 0 Å². The minimum atomic E-state index is 0.0282. The second kappa shape index (κ2) is 5.29. The molecule has 0 N–H and O–H groups in total. The zero-order valence-electron chi connectivity index (χ0n) is 9.99. The molecule has 1 unspecified atom stereocenters. The van der Waals surface area contributed by atoms with Crippen LogP contribution in [0.3, 0.4) is 0 Å². The average Bonchev–Trinajstić information content (AvgIpc) is 2.39. The fourth-order valence-electron chi connectivity index (χ4n) is 2.59. The van der Waals surface area contributed by atoms with Gasteiger partial charge in [0.1, 0.15) is 6.29 Å². The number of carbonyl (C=O) groups excluding carboxylic acids is 1. The minimum absolute atomic E-state index is 0.0282. The van der Waals surface area contributed by atoms with Crippen molar-refractivity contribution in [3.63, 3.8) is 0 Å². The van der Waals surface area contributed by atoms with E-state index in [0.717, 1.165) is 17.8 Å². The van der Waals surface area contributed by atoms with Gasteiger partial charge in [-0.25, -0.2) is 0 Å². The normalized spacial score (nSPS) is 19.3. The second-order valence-electron chi connectivity index (χ2n) is 4.93. The summed E-state index contributed by atoms with van der Waals surface area (Å²) in [5.41, 5.74) is 2.59. The van der Waals surface area contributed by atoms with Crippen molar-refractivity contribution in [3.8, 4) is 0 Å². The van der Waals surface area contributed by atoms with E-state index in [9.17, 15) is 4.79 Å². The Morgan fingerprint density at radius 3 is 2.31 bits per heavy atom. The first-order valence-corrected chi connectivity index (χ1v) is 6.36. The smallest absolute Gasteiger partial charge is 0.127 e. The van der Waals surface area contributed by atoms with Crippen LogP contribution in [0.1, 0.15) is 62.0 Å². The Morgan fingerprint density at radius 2 is 1.75 bits per heavy atom. The lowest BCUT2D eigenvalue weighted by atomic mass is 9.83. The molecule has 2 rings (SSSR count). The highest BCUT2D eigenvalue weighted by molar-refractivity contribution is 5.61. The Labute approximate surface area is 97.9 Å². The lowest BCUT2D eigenvalue weighted by Gasteiger charge is -2.22. The molecule has 0 heterocycles. The highest BCUT2D eigenvalue weighted by atomic mass is 16.1. The van der Waals surface area contributed by atoms with E-state index >= 15 is 0 Å². The maximum absolute atomic E-state index is 10.7. The first-order valence-electron chi connectivity index (χ1n) is 6.36. The molecule has 0 bridgehead atoms. The number of hydrogen-bond donors (Lipinski definition) is 0. The molecule has 1 aliphatic carbocycles. The monoisotopic (exact) mass is 216 g/mol. The van der Waals surface area contributed by atoms with Gasteiger partial charge in [0, 0.05) is 5.92 Å². The predicted octanol–water partition coefficient (Wildman–Crippen LogP) is 4.04. The van der Waals surface area contributed by atoms with Crippen LogP contribution in [0.4, 0.5) is 0 Å². The van der Waals surface area contributed by atoms with E-state index in [4.69, 9.17) is 0 Å². The van der Waals surface area contributed by atoms with Gasteiger partial charge in [-0.2, -0.15) is 0 Å². The van der Waals surface area contributed by atoms with Crippen molar-refractivity contribution in [2.24, 2.45) is 0 Å². The zero-order chi connectivity index (χ0) is 11.4. The van der Waals surface area contributed by atoms with Gasteiger partial charge in [0.25, 0.3) is 0 Å². The molecule has 0 aromatic heterocycles. The molecule has 1 nitrogen and oxygen atoms in total. The summed E-state index contributed by atoms with van der Waals surface area (Å²) < 4.78 is 0. The van der Waals surface area contributed by atoms with Crippen LogP contribution in [0.25, 0.3) is 0 Å². The topological polar surface area (TPSA) is 17.1 Å². The van der Waals surface area contributed by atoms with Crippen molar-refractivity contribution in [1.82, 2.24) is 0 Å². The summed E-state index contributed by atoms with van der Waals surface area (Å²) in [6.45, 7) is 1.95. The molecule has 0 saturated heterocycles. The summed E-state index contributed by atoms with van der Waals surface area (Å²) in [6.07, 6.45) is 7.83. The van der Waals surface area contributed by atoms with E-state index in [1.807, 2.05) is 6.92 Å². The Morgan fingerprint density at radius 1 is 1.12 bits per heavy atom. The van der Waals surface area contributed by atoms with Gasteiger partial charge >= 0.3 is 0 Å². The van der Waals surface area contributed by atoms with Gasteiger partial charge in [0.2, 0.25) is 0 Å². The number of benzene rings is 1. The van der Waals surface area contributed by atoms with Gasteiger partial charge in [-0.3, -0.25) is 0 Å². The molecule has 1 heteroatoms. The van der Waals surface area contributed by atoms with Gasteiger partial charge in [0.05, 0.1) is 0 Å². The van der Waals surface area contributed by atoms with E-state index in [-0.39, 0.29) is 5.92 Å². The van der Waals surface area contributed by atoms with E-state index < -0.39 is 0 Å². The highest BCUT2D eigenvalue weighted by Gasteiger charge is 2.15. The molecule has 86 valence electrons. The number of rotatable bonds is 3. The molecule has 0 amide bonds. The van der Waals surface area contributed by atoms with Crippen molar-refractivity contribution < 1.29 is 4.79 Å². The molecule has 0 aliphatic heterocycles. The fraction of sp³-hybridized carbons (Fsp3) is 0.533. The lowest BCUT2D eigenvalue weighted by Crippen LogP contribution is -2.04. The molecule has 1 saturated carbocycles. The second-order valence-corrected chi connectivity index (χ2v) is 4.93. The van der Waals surface area contributed by atoms with Crippen molar-refractivity contribution in [1.29, 1.82) is 0 Å². The Bertz CT molecular complexity index is 333. The van der Waals surface area contributed by atoms with E-state index in [0.29, 0.717) is 0 Å². The van der Waals surface area contributed by atoms with Crippen LogP contribution in [0.15, 0.2) is 24.3 Å². The zero-order valence-corrected chi connectivity index (χ0v) is 9.99. The van der Waals surface area contributed by atoms with Gasteiger partial charge < -0.3 is 4.79 Å². The standard InChI is InChI=1S/C15H20O/c1-12(11-16)13-7-9-15(10-8-13)14-5-3-2-4-6-14/h7-12,14H,2-6H2,1H3. The van der Waals surface area contributed by atoms with Crippen LogP contribution in [0.2, 0.25) is 0 Å². The van der Waals surface area contributed by atoms with E-state index in [1.165, 1.54) is 37.7 Å². The summed E-state index contributed by atoms with van der Waals surface area (Å²) in [5, 5.41) is 0. The molecule has 1 aliphatic rings. The Hall–Kier alpha value is -1.11. The average molecular weight is 216 g/mol. The van der Waals surface area contributed by atoms with Crippen molar-refractivity contribution >= 4 is 6.29 Å². The fourth-order valence-corrected chi connectivity index (χ4v) is 2.59. The van der Waals surface area contributed by atoms with Crippen LogP contribution < -0.4 is 0 Å². The molecule has 1 fully saturated rings. The third-order valence-corrected chi connectivity index (χ3v) is 3.74. The lowest BCUT2D eigenvalue weighted by molar-refractivity contribution is -0.108. The summed E-state index contributed by atoms with van der Waals surface area (Å²) in [5.74, 6) is 0.787. The highest BCUT2D eigenvalue weighted by Crippen LogP contribution is 2.32. The minimum Gasteiger partial charge on any atom is -0.303 e. The van der Waals surface area contributed by atoms with E-state index in [1.54, 1.807) is 0 Å². The van der Waals surface area contributed by atoms with Crippen LogP contribution in [0.5, 0.6) is 0 Å². The van der Waals surface area contributed by atoms with Crippen LogP contribution in [-0.2, 0) is 4.79 Å². The number of hydrogen-bond acceptors (Lipinski definition) is 1.